The molecule has 1 fully saturated rings. The minimum absolute atomic E-state index is 0.00570. The van der Waals surface area contributed by atoms with E-state index in [0.29, 0.717) is 29.6 Å². The zero-order chi connectivity index (χ0) is 26.6. The van der Waals surface area contributed by atoms with Gasteiger partial charge in [0.15, 0.2) is 0 Å². The first kappa shape index (κ1) is 28.1. The Morgan fingerprint density at radius 1 is 1.22 bits per heavy atom. The van der Waals surface area contributed by atoms with Crippen LogP contribution in [0.25, 0.3) is 0 Å². The Morgan fingerprint density at radius 2 is 1.92 bits per heavy atom. The SMILES string of the molecule is Cc1cccc(NC(=O)[C@@H](C[C@H](O)[C@@H](N)CN2CC(=O)N(c3ccccc3Cl)CC2(C)C)C(C)C)n1. The van der Waals surface area contributed by atoms with Gasteiger partial charge in [-0.25, -0.2) is 4.98 Å². The highest BCUT2D eigenvalue weighted by Crippen LogP contribution is 2.31. The molecule has 9 heteroatoms. The summed E-state index contributed by atoms with van der Waals surface area (Å²) < 4.78 is 0. The molecule has 2 amide bonds. The second-order valence-corrected chi connectivity index (χ2v) is 11.0. The molecule has 196 valence electrons. The van der Waals surface area contributed by atoms with Crippen molar-refractivity contribution in [3.05, 3.63) is 53.2 Å². The number of amides is 2. The highest BCUT2D eigenvalue weighted by Gasteiger charge is 2.40. The highest BCUT2D eigenvalue weighted by atomic mass is 35.5. The van der Waals surface area contributed by atoms with Crippen molar-refractivity contribution < 1.29 is 14.7 Å². The summed E-state index contributed by atoms with van der Waals surface area (Å²) in [7, 11) is 0. The molecule has 2 heterocycles. The van der Waals surface area contributed by atoms with Crippen LogP contribution >= 0.6 is 11.6 Å². The number of para-hydroxylation sites is 1. The molecule has 1 aromatic carbocycles. The number of nitrogens with two attached hydrogens (primary N) is 1. The van der Waals surface area contributed by atoms with E-state index in [1.165, 1.54) is 0 Å². The van der Waals surface area contributed by atoms with E-state index in [-0.39, 0.29) is 30.7 Å². The fourth-order valence-electron chi connectivity index (χ4n) is 4.56. The summed E-state index contributed by atoms with van der Waals surface area (Å²) in [5.74, 6) is -0.234. The molecule has 1 saturated heterocycles. The molecule has 0 radical (unpaired) electrons. The first-order valence-corrected chi connectivity index (χ1v) is 12.7. The lowest BCUT2D eigenvalue weighted by Gasteiger charge is -2.47. The van der Waals surface area contributed by atoms with Crippen LogP contribution in [0.15, 0.2) is 42.5 Å². The maximum atomic E-state index is 13.0. The van der Waals surface area contributed by atoms with E-state index in [1.807, 2.05) is 69.9 Å². The van der Waals surface area contributed by atoms with Gasteiger partial charge in [0.25, 0.3) is 0 Å². The molecule has 0 spiro atoms. The quantitative estimate of drug-likeness (QED) is 0.471. The van der Waals surface area contributed by atoms with E-state index < -0.39 is 23.6 Å². The molecule has 0 saturated carbocycles. The van der Waals surface area contributed by atoms with Gasteiger partial charge in [-0.15, -0.1) is 0 Å². The monoisotopic (exact) mass is 515 g/mol. The predicted octanol–water partition coefficient (Wildman–Crippen LogP) is 3.46. The van der Waals surface area contributed by atoms with Gasteiger partial charge in [0, 0.05) is 36.3 Å². The van der Waals surface area contributed by atoms with Crippen LogP contribution < -0.4 is 16.0 Å². The van der Waals surface area contributed by atoms with Gasteiger partial charge in [-0.3, -0.25) is 14.5 Å². The Morgan fingerprint density at radius 3 is 2.56 bits per heavy atom. The molecule has 3 rings (SSSR count). The fourth-order valence-corrected chi connectivity index (χ4v) is 4.80. The minimum atomic E-state index is -0.916. The minimum Gasteiger partial charge on any atom is -0.391 e. The molecular formula is C27H38ClN5O3. The first-order valence-electron chi connectivity index (χ1n) is 12.4. The van der Waals surface area contributed by atoms with Gasteiger partial charge in [0.1, 0.15) is 5.82 Å². The van der Waals surface area contributed by atoms with Crippen molar-refractivity contribution in [2.24, 2.45) is 17.6 Å². The van der Waals surface area contributed by atoms with E-state index in [1.54, 1.807) is 17.0 Å². The van der Waals surface area contributed by atoms with Crippen LogP contribution in [0.4, 0.5) is 11.5 Å². The van der Waals surface area contributed by atoms with Gasteiger partial charge >= 0.3 is 0 Å². The first-order chi connectivity index (χ1) is 16.9. The van der Waals surface area contributed by atoms with Crippen LogP contribution in [0.5, 0.6) is 0 Å². The number of nitrogens with one attached hydrogen (secondary N) is 1. The second kappa shape index (κ2) is 11.7. The number of pyridine rings is 1. The molecule has 0 bridgehead atoms. The largest absolute Gasteiger partial charge is 0.391 e. The Kier molecular flexibility index (Phi) is 9.11. The Hall–Kier alpha value is -2.52. The van der Waals surface area contributed by atoms with Gasteiger partial charge < -0.3 is 21.1 Å². The molecule has 1 aliphatic heterocycles. The molecule has 0 unspecified atom stereocenters. The zero-order valence-corrected chi connectivity index (χ0v) is 22.5. The van der Waals surface area contributed by atoms with Gasteiger partial charge in [0.05, 0.1) is 23.4 Å². The molecule has 1 aliphatic rings. The molecule has 2 aromatic rings. The number of hydrogen-bond donors (Lipinski definition) is 3. The summed E-state index contributed by atoms with van der Waals surface area (Å²) in [4.78, 5) is 34.0. The van der Waals surface area contributed by atoms with Crippen LogP contribution in [0.1, 0.15) is 39.8 Å². The van der Waals surface area contributed by atoms with Gasteiger partial charge in [-0.05, 0) is 57.4 Å². The number of nitrogens with zero attached hydrogens (tertiary/aromatic N) is 3. The highest BCUT2D eigenvalue weighted by molar-refractivity contribution is 6.33. The van der Waals surface area contributed by atoms with Crippen molar-refractivity contribution in [3.63, 3.8) is 0 Å². The third-order valence-electron chi connectivity index (χ3n) is 6.87. The number of carbonyl (C=O) groups excluding carboxylic acids is 2. The van der Waals surface area contributed by atoms with Crippen LogP contribution in [-0.2, 0) is 9.59 Å². The van der Waals surface area contributed by atoms with Crippen LogP contribution in [0.3, 0.4) is 0 Å². The average molecular weight is 516 g/mol. The van der Waals surface area contributed by atoms with E-state index in [0.717, 1.165) is 5.69 Å². The number of hydrogen-bond acceptors (Lipinski definition) is 6. The number of carbonyl (C=O) groups is 2. The van der Waals surface area contributed by atoms with Crippen LogP contribution in [-0.4, -0.2) is 64.1 Å². The number of aliphatic hydroxyl groups is 1. The molecule has 4 N–H and O–H groups in total. The third kappa shape index (κ3) is 6.82. The number of anilines is 2. The number of rotatable bonds is 9. The Balaban J connectivity index is 1.64. The summed E-state index contributed by atoms with van der Waals surface area (Å²) in [6.45, 7) is 10.8. The second-order valence-electron chi connectivity index (χ2n) is 10.6. The molecule has 1 aromatic heterocycles. The number of halogens is 1. The molecule has 8 nitrogen and oxygen atoms in total. The summed E-state index contributed by atoms with van der Waals surface area (Å²) in [5, 5.41) is 14.4. The van der Waals surface area contributed by atoms with E-state index in [4.69, 9.17) is 17.3 Å². The molecule has 3 atom stereocenters. The van der Waals surface area contributed by atoms with Crippen molar-refractivity contribution in [2.45, 2.75) is 58.7 Å². The van der Waals surface area contributed by atoms with E-state index >= 15 is 0 Å². The van der Waals surface area contributed by atoms with Crippen molar-refractivity contribution in [1.82, 2.24) is 9.88 Å². The number of aromatic nitrogens is 1. The smallest absolute Gasteiger partial charge is 0.241 e. The zero-order valence-electron chi connectivity index (χ0n) is 21.7. The summed E-state index contributed by atoms with van der Waals surface area (Å²) >= 11 is 6.34. The van der Waals surface area contributed by atoms with Crippen molar-refractivity contribution in [2.75, 3.05) is 29.9 Å². The fraction of sp³-hybridized carbons (Fsp3) is 0.519. The lowest BCUT2D eigenvalue weighted by Crippen LogP contribution is -2.64. The van der Waals surface area contributed by atoms with Crippen LogP contribution in [0, 0.1) is 18.8 Å². The summed E-state index contributed by atoms with van der Waals surface area (Å²) in [5.41, 5.74) is 7.53. The molecule has 36 heavy (non-hydrogen) atoms. The van der Waals surface area contributed by atoms with E-state index in [2.05, 4.69) is 10.3 Å². The lowest BCUT2D eigenvalue weighted by molar-refractivity contribution is -0.124. The number of aliphatic hydroxyl groups excluding tert-OH is 1. The van der Waals surface area contributed by atoms with Gasteiger partial charge in [-0.1, -0.05) is 43.6 Å². The van der Waals surface area contributed by atoms with Crippen molar-refractivity contribution in [3.8, 4) is 0 Å². The average Bonchev–Trinajstić information content (AvgIpc) is 2.79. The maximum absolute atomic E-state index is 13.0. The summed E-state index contributed by atoms with van der Waals surface area (Å²) in [6, 6.07) is 12.1. The van der Waals surface area contributed by atoms with Crippen molar-refractivity contribution in [1.29, 1.82) is 0 Å². The summed E-state index contributed by atoms with van der Waals surface area (Å²) in [6.07, 6.45) is -0.703. The molecular weight excluding hydrogens is 478 g/mol. The van der Waals surface area contributed by atoms with Crippen molar-refractivity contribution >= 4 is 34.9 Å². The molecule has 0 aliphatic carbocycles. The Labute approximate surface area is 218 Å². The number of aryl methyl sites for hydroxylation is 1. The normalized spacial score (nSPS) is 18.7. The maximum Gasteiger partial charge on any atom is 0.241 e. The third-order valence-corrected chi connectivity index (χ3v) is 7.19. The van der Waals surface area contributed by atoms with Crippen LogP contribution in [0.2, 0.25) is 5.02 Å². The standard InChI is InChI=1S/C27H38ClN5O3/c1-17(2)19(26(36)31-24-12-8-9-18(3)30-24)13-23(34)21(29)14-32-15-25(35)33(16-27(32,4)5)22-11-7-6-10-20(22)28/h6-12,17,19,21,23,34H,13-16,29H2,1-5H3,(H,30,31,36)/t19-,21-,23-/m0/s1. The number of piperazine rings is 1. The lowest BCUT2D eigenvalue weighted by atomic mass is 9.87. The van der Waals surface area contributed by atoms with E-state index in [9.17, 15) is 14.7 Å². The Bertz CT molecular complexity index is 1080. The predicted molar refractivity (Wildman–Crippen MR) is 144 cm³/mol. The van der Waals surface area contributed by atoms with Gasteiger partial charge in [-0.2, -0.15) is 0 Å². The number of benzene rings is 1. The van der Waals surface area contributed by atoms with Gasteiger partial charge in [0.2, 0.25) is 11.8 Å². The topological polar surface area (TPSA) is 112 Å².